The average Bonchev–Trinajstić information content (AvgIpc) is 3.24. The zero-order chi connectivity index (χ0) is 13.7. The Kier molecular flexibility index (Phi) is 5.26. The summed E-state index contributed by atoms with van der Waals surface area (Å²) in [6.45, 7) is 4.59. The number of carbonyl (C=O) groups excluding carboxylic acids is 1. The normalized spacial score (nSPS) is 22.8. The number of hydrogen-bond donors (Lipinski definition) is 1. The SMILES string of the molecule is CCCN(CC1CC1)C(=O)C1(CN)CCCCCC1. The van der Waals surface area contributed by atoms with Crippen LogP contribution in [0.3, 0.4) is 0 Å². The summed E-state index contributed by atoms with van der Waals surface area (Å²) in [6, 6.07) is 0. The molecular formula is C16H30N2O. The first-order valence-corrected chi connectivity index (χ1v) is 8.21. The second kappa shape index (κ2) is 6.74. The molecule has 1 amide bonds. The zero-order valence-corrected chi connectivity index (χ0v) is 12.5. The van der Waals surface area contributed by atoms with Crippen molar-refractivity contribution >= 4 is 5.91 Å². The lowest BCUT2D eigenvalue weighted by Crippen LogP contribution is -2.48. The van der Waals surface area contributed by atoms with Crippen molar-refractivity contribution in [3.8, 4) is 0 Å². The highest BCUT2D eigenvalue weighted by molar-refractivity contribution is 5.83. The van der Waals surface area contributed by atoms with Crippen molar-refractivity contribution in [3.63, 3.8) is 0 Å². The Labute approximate surface area is 117 Å². The van der Waals surface area contributed by atoms with Gasteiger partial charge in [-0.25, -0.2) is 0 Å². The highest BCUT2D eigenvalue weighted by Gasteiger charge is 2.41. The second-order valence-electron chi connectivity index (χ2n) is 6.59. The number of carbonyl (C=O) groups is 1. The molecule has 0 aliphatic heterocycles. The van der Waals surface area contributed by atoms with Gasteiger partial charge in [0.25, 0.3) is 0 Å². The minimum atomic E-state index is -0.236. The van der Waals surface area contributed by atoms with Crippen LogP contribution in [0.4, 0.5) is 0 Å². The van der Waals surface area contributed by atoms with Gasteiger partial charge in [0, 0.05) is 19.6 Å². The molecule has 0 heterocycles. The molecule has 3 heteroatoms. The van der Waals surface area contributed by atoms with Gasteiger partial charge in [0.1, 0.15) is 0 Å². The lowest BCUT2D eigenvalue weighted by molar-refractivity contribution is -0.143. The lowest BCUT2D eigenvalue weighted by atomic mass is 9.79. The third kappa shape index (κ3) is 3.71. The number of hydrogen-bond acceptors (Lipinski definition) is 2. The summed E-state index contributed by atoms with van der Waals surface area (Å²) in [7, 11) is 0. The maximum absolute atomic E-state index is 13.0. The summed E-state index contributed by atoms with van der Waals surface area (Å²) in [5.41, 5.74) is 5.81. The van der Waals surface area contributed by atoms with Gasteiger partial charge < -0.3 is 10.6 Å². The molecule has 0 aromatic rings. The molecule has 0 bridgehead atoms. The highest BCUT2D eigenvalue weighted by Crippen LogP contribution is 2.37. The molecule has 2 aliphatic rings. The van der Waals surface area contributed by atoms with Crippen molar-refractivity contribution in [2.24, 2.45) is 17.1 Å². The van der Waals surface area contributed by atoms with Crippen LogP contribution >= 0.6 is 0 Å². The molecule has 2 aliphatic carbocycles. The van der Waals surface area contributed by atoms with Crippen LogP contribution in [0.2, 0.25) is 0 Å². The molecule has 19 heavy (non-hydrogen) atoms. The Morgan fingerprint density at radius 1 is 1.21 bits per heavy atom. The van der Waals surface area contributed by atoms with Gasteiger partial charge in [0.15, 0.2) is 0 Å². The van der Waals surface area contributed by atoms with E-state index in [0.717, 1.165) is 38.3 Å². The summed E-state index contributed by atoms with van der Waals surface area (Å²) in [5, 5.41) is 0. The van der Waals surface area contributed by atoms with Crippen LogP contribution < -0.4 is 5.73 Å². The van der Waals surface area contributed by atoms with Gasteiger partial charge in [0.2, 0.25) is 5.91 Å². The molecular weight excluding hydrogens is 236 g/mol. The van der Waals surface area contributed by atoms with E-state index in [1.54, 1.807) is 0 Å². The van der Waals surface area contributed by atoms with E-state index in [1.165, 1.54) is 38.5 Å². The predicted octanol–water partition coefficient (Wildman–Crippen LogP) is 2.93. The van der Waals surface area contributed by atoms with Crippen LogP contribution in [-0.4, -0.2) is 30.4 Å². The number of nitrogens with two attached hydrogens (primary N) is 1. The third-order valence-corrected chi connectivity index (χ3v) is 4.86. The minimum absolute atomic E-state index is 0.236. The second-order valence-corrected chi connectivity index (χ2v) is 6.59. The largest absolute Gasteiger partial charge is 0.342 e. The fourth-order valence-electron chi connectivity index (χ4n) is 3.40. The van der Waals surface area contributed by atoms with Gasteiger partial charge in [-0.1, -0.05) is 32.6 Å². The van der Waals surface area contributed by atoms with Gasteiger partial charge in [-0.3, -0.25) is 4.79 Å². The van der Waals surface area contributed by atoms with Crippen molar-refractivity contribution in [3.05, 3.63) is 0 Å². The van der Waals surface area contributed by atoms with Crippen LogP contribution in [0.1, 0.15) is 64.7 Å². The average molecular weight is 266 g/mol. The lowest BCUT2D eigenvalue weighted by Gasteiger charge is -2.36. The van der Waals surface area contributed by atoms with Crippen molar-refractivity contribution in [2.45, 2.75) is 64.7 Å². The molecule has 0 saturated heterocycles. The first-order valence-electron chi connectivity index (χ1n) is 8.21. The molecule has 2 saturated carbocycles. The Balaban J connectivity index is 2.06. The van der Waals surface area contributed by atoms with E-state index in [-0.39, 0.29) is 5.41 Å². The van der Waals surface area contributed by atoms with Crippen LogP contribution in [0, 0.1) is 11.3 Å². The van der Waals surface area contributed by atoms with E-state index in [0.29, 0.717) is 12.5 Å². The van der Waals surface area contributed by atoms with Crippen LogP contribution in [-0.2, 0) is 4.79 Å². The first kappa shape index (κ1) is 14.8. The monoisotopic (exact) mass is 266 g/mol. The van der Waals surface area contributed by atoms with E-state index in [9.17, 15) is 4.79 Å². The summed E-state index contributed by atoms with van der Waals surface area (Å²) >= 11 is 0. The Bertz CT molecular complexity index is 291. The molecule has 0 radical (unpaired) electrons. The van der Waals surface area contributed by atoms with E-state index >= 15 is 0 Å². The first-order chi connectivity index (χ1) is 9.22. The van der Waals surface area contributed by atoms with Gasteiger partial charge >= 0.3 is 0 Å². The van der Waals surface area contributed by atoms with Gasteiger partial charge in [-0.2, -0.15) is 0 Å². The van der Waals surface area contributed by atoms with E-state index in [4.69, 9.17) is 5.73 Å². The van der Waals surface area contributed by atoms with Crippen molar-refractivity contribution in [1.82, 2.24) is 4.90 Å². The molecule has 0 unspecified atom stereocenters. The summed E-state index contributed by atoms with van der Waals surface area (Å²) in [6.07, 6.45) is 10.6. The zero-order valence-electron chi connectivity index (χ0n) is 12.5. The van der Waals surface area contributed by atoms with E-state index in [2.05, 4.69) is 11.8 Å². The molecule has 2 rings (SSSR count). The Morgan fingerprint density at radius 3 is 2.32 bits per heavy atom. The maximum atomic E-state index is 13.0. The van der Waals surface area contributed by atoms with Crippen molar-refractivity contribution in [1.29, 1.82) is 0 Å². The van der Waals surface area contributed by atoms with Gasteiger partial charge in [-0.15, -0.1) is 0 Å². The topological polar surface area (TPSA) is 46.3 Å². The predicted molar refractivity (Wildman–Crippen MR) is 78.8 cm³/mol. The van der Waals surface area contributed by atoms with Crippen molar-refractivity contribution in [2.75, 3.05) is 19.6 Å². The molecule has 0 aromatic carbocycles. The number of amides is 1. The minimum Gasteiger partial charge on any atom is -0.342 e. The van der Waals surface area contributed by atoms with E-state index < -0.39 is 0 Å². The molecule has 110 valence electrons. The molecule has 0 spiro atoms. The standard InChI is InChI=1S/C16H30N2O/c1-2-11-18(12-14-7-8-14)15(19)16(13-17)9-5-3-4-6-10-16/h14H,2-13,17H2,1H3. The van der Waals surface area contributed by atoms with Crippen molar-refractivity contribution < 1.29 is 4.79 Å². The number of nitrogens with zero attached hydrogens (tertiary/aromatic N) is 1. The van der Waals surface area contributed by atoms with Crippen LogP contribution in [0.5, 0.6) is 0 Å². The van der Waals surface area contributed by atoms with Crippen LogP contribution in [0.25, 0.3) is 0 Å². The summed E-state index contributed by atoms with van der Waals surface area (Å²) < 4.78 is 0. The molecule has 2 fully saturated rings. The summed E-state index contributed by atoms with van der Waals surface area (Å²) in [4.78, 5) is 15.1. The molecule has 0 atom stereocenters. The highest BCUT2D eigenvalue weighted by atomic mass is 16.2. The fourth-order valence-corrected chi connectivity index (χ4v) is 3.40. The van der Waals surface area contributed by atoms with Crippen LogP contribution in [0.15, 0.2) is 0 Å². The van der Waals surface area contributed by atoms with Gasteiger partial charge in [0.05, 0.1) is 5.41 Å². The Morgan fingerprint density at radius 2 is 1.84 bits per heavy atom. The van der Waals surface area contributed by atoms with Gasteiger partial charge in [-0.05, 0) is 38.0 Å². The van der Waals surface area contributed by atoms with E-state index in [1.807, 2.05) is 0 Å². The summed E-state index contributed by atoms with van der Waals surface area (Å²) in [5.74, 6) is 1.14. The molecule has 3 nitrogen and oxygen atoms in total. The third-order valence-electron chi connectivity index (χ3n) is 4.86. The Hall–Kier alpha value is -0.570. The number of rotatable bonds is 6. The molecule has 2 N–H and O–H groups in total. The quantitative estimate of drug-likeness (QED) is 0.751. The molecule has 0 aromatic heterocycles. The smallest absolute Gasteiger partial charge is 0.230 e. The fraction of sp³-hybridized carbons (Fsp3) is 0.938. The maximum Gasteiger partial charge on any atom is 0.230 e.